The molecule has 1 radical (unpaired) electrons. The monoisotopic (exact) mass is 516 g/mol. The fourth-order valence-corrected chi connectivity index (χ4v) is 5.72. The minimum atomic E-state index is 0.478. The van der Waals surface area contributed by atoms with Gasteiger partial charge in [-0.1, -0.05) is 81.1 Å². The summed E-state index contributed by atoms with van der Waals surface area (Å²) in [7, 11) is 2.25. The molecule has 1 unspecified atom stereocenters. The highest BCUT2D eigenvalue weighted by atomic mass is 15.7. The molecule has 0 amide bonds. The number of hydrogen-bond donors (Lipinski definition) is 3. The number of aryl methyl sites for hydroxylation is 1. The lowest BCUT2D eigenvalue weighted by atomic mass is 9.91. The fourth-order valence-electron chi connectivity index (χ4n) is 5.72. The average molecular weight is 517 g/mol. The number of allylic oxidation sites excluding steroid dienone is 2. The number of nitrogens with zero attached hydrogens (tertiary/aromatic N) is 3. The van der Waals surface area contributed by atoms with Crippen molar-refractivity contribution in [3.63, 3.8) is 0 Å². The normalized spacial score (nSPS) is 16.7. The maximum Gasteiger partial charge on any atom is 0.552 e. The van der Waals surface area contributed by atoms with E-state index in [1.165, 1.54) is 65.2 Å². The summed E-state index contributed by atoms with van der Waals surface area (Å²) in [5, 5.41) is 2.08. The lowest BCUT2D eigenvalue weighted by molar-refractivity contribution is -0.320. The molecular formula is C32H37BN6+. The highest BCUT2D eigenvalue weighted by molar-refractivity contribution is 6.29. The molecule has 1 atom stereocenters. The number of amidine groups is 1. The second-order valence-electron chi connectivity index (χ2n) is 10.7. The van der Waals surface area contributed by atoms with Crippen LogP contribution in [0.2, 0.25) is 0 Å². The molecule has 6 rings (SSSR count). The van der Waals surface area contributed by atoms with Gasteiger partial charge in [0.2, 0.25) is 0 Å². The van der Waals surface area contributed by atoms with E-state index in [0.29, 0.717) is 5.92 Å². The standard InChI is InChI=1S/C32H37BN6/c1-3-4-6-9-23(2)28-18-19-29-32(25-13-15-26(34)16-14-25)30-20-21-31(39(30)33-38(28)29)37-22-27(35-36-37)17-12-24-10-7-5-8-11-24/h5,7-8,10-11,13-16,18-23,35-36H,3-4,6,9,12,17,34H2,1-2H3/q+1. The number of anilines is 1. The summed E-state index contributed by atoms with van der Waals surface area (Å²) in [6.07, 6.45) is 13.5. The van der Waals surface area contributed by atoms with Crippen LogP contribution in [0.25, 0.3) is 5.57 Å². The number of hydrazine groups is 2. The van der Waals surface area contributed by atoms with Gasteiger partial charge in [0, 0.05) is 28.7 Å². The molecule has 0 saturated heterocycles. The summed E-state index contributed by atoms with van der Waals surface area (Å²) in [5.41, 5.74) is 22.2. The van der Waals surface area contributed by atoms with E-state index >= 15 is 0 Å². The third-order valence-corrected chi connectivity index (χ3v) is 7.93. The molecule has 0 bridgehead atoms. The molecule has 0 spiro atoms. The van der Waals surface area contributed by atoms with Crippen LogP contribution >= 0.6 is 0 Å². The van der Waals surface area contributed by atoms with E-state index in [9.17, 15) is 0 Å². The van der Waals surface area contributed by atoms with Gasteiger partial charge in [-0.15, -0.1) is 5.01 Å². The van der Waals surface area contributed by atoms with E-state index in [2.05, 4.69) is 119 Å². The summed E-state index contributed by atoms with van der Waals surface area (Å²) in [5.74, 6) is 1.54. The molecule has 7 heteroatoms. The van der Waals surface area contributed by atoms with Gasteiger partial charge >= 0.3 is 7.55 Å². The predicted molar refractivity (Wildman–Crippen MR) is 160 cm³/mol. The van der Waals surface area contributed by atoms with Crippen molar-refractivity contribution in [1.29, 1.82) is 0 Å². The van der Waals surface area contributed by atoms with Crippen LogP contribution in [0.1, 0.15) is 74.4 Å². The van der Waals surface area contributed by atoms with Crippen LogP contribution in [0, 0.1) is 0 Å². The molecule has 3 aliphatic heterocycles. The Hall–Kier alpha value is -3.97. The Morgan fingerprint density at radius 2 is 1.77 bits per heavy atom. The number of fused-ring (bicyclic) bond motifs is 2. The number of hydrogen-bond acceptors (Lipinski definition) is 4. The minimum Gasteiger partial charge on any atom is -0.399 e. The van der Waals surface area contributed by atoms with Gasteiger partial charge in [0.1, 0.15) is 11.9 Å². The Morgan fingerprint density at radius 3 is 2.56 bits per heavy atom. The summed E-state index contributed by atoms with van der Waals surface area (Å²) >= 11 is 0. The molecule has 3 aliphatic rings. The molecule has 1 aromatic heterocycles. The highest BCUT2D eigenvalue weighted by Crippen LogP contribution is 2.37. The number of benzene rings is 2. The lowest BCUT2D eigenvalue weighted by Crippen LogP contribution is -2.44. The molecule has 2 aromatic carbocycles. The van der Waals surface area contributed by atoms with E-state index in [1.807, 2.05) is 12.1 Å². The van der Waals surface area contributed by atoms with Gasteiger partial charge in [0.25, 0.3) is 5.84 Å². The Labute approximate surface area is 232 Å². The van der Waals surface area contributed by atoms with Crippen LogP contribution < -0.4 is 16.7 Å². The zero-order chi connectivity index (χ0) is 26.8. The molecule has 4 N–H and O–H groups in total. The number of unbranched alkanes of at least 4 members (excludes halogenated alkanes) is 2. The van der Waals surface area contributed by atoms with E-state index in [-0.39, 0.29) is 0 Å². The van der Waals surface area contributed by atoms with Crippen molar-refractivity contribution in [1.82, 2.24) is 20.4 Å². The molecule has 4 heterocycles. The highest BCUT2D eigenvalue weighted by Gasteiger charge is 2.38. The van der Waals surface area contributed by atoms with Crippen LogP contribution in [0.5, 0.6) is 0 Å². The van der Waals surface area contributed by atoms with Crippen LogP contribution in [0.3, 0.4) is 0 Å². The summed E-state index contributed by atoms with van der Waals surface area (Å²) < 4.78 is 4.69. The van der Waals surface area contributed by atoms with Gasteiger partial charge in [0.05, 0.1) is 5.70 Å². The van der Waals surface area contributed by atoms with Crippen molar-refractivity contribution in [2.45, 2.75) is 58.3 Å². The first kappa shape index (κ1) is 25.3. The third-order valence-electron chi connectivity index (χ3n) is 7.93. The Kier molecular flexibility index (Phi) is 7.16. The average Bonchev–Trinajstić information content (AvgIpc) is 3.70. The van der Waals surface area contributed by atoms with Gasteiger partial charge in [0.15, 0.2) is 0 Å². The minimum absolute atomic E-state index is 0.478. The van der Waals surface area contributed by atoms with Crippen molar-refractivity contribution in [3.8, 4) is 0 Å². The van der Waals surface area contributed by atoms with E-state index in [1.54, 1.807) is 0 Å². The molecule has 0 saturated carbocycles. The number of nitrogen functional groups attached to an aromatic ring is 1. The number of rotatable bonds is 9. The summed E-state index contributed by atoms with van der Waals surface area (Å²) in [6.45, 7) is 4.62. The van der Waals surface area contributed by atoms with Crippen molar-refractivity contribution in [3.05, 3.63) is 119 Å². The van der Waals surface area contributed by atoms with Crippen LogP contribution in [0.4, 0.5) is 5.69 Å². The third kappa shape index (κ3) is 5.07. The topological polar surface area (TPSA) is 61.3 Å². The first-order chi connectivity index (χ1) is 19.1. The van der Waals surface area contributed by atoms with Gasteiger partial charge in [-0.2, -0.15) is 0 Å². The van der Waals surface area contributed by atoms with Crippen LogP contribution in [-0.4, -0.2) is 27.4 Å². The maximum absolute atomic E-state index is 6.05. The zero-order valence-electron chi connectivity index (χ0n) is 22.9. The van der Waals surface area contributed by atoms with Gasteiger partial charge < -0.3 is 10.2 Å². The van der Waals surface area contributed by atoms with Crippen molar-refractivity contribution in [2.24, 2.45) is 0 Å². The molecule has 0 aliphatic carbocycles. The maximum atomic E-state index is 6.05. The van der Waals surface area contributed by atoms with Crippen LogP contribution in [0.15, 0.2) is 96.5 Å². The molecule has 3 aromatic rings. The lowest BCUT2D eigenvalue weighted by Gasteiger charge is -2.24. The molecule has 0 fully saturated rings. The van der Waals surface area contributed by atoms with Gasteiger partial charge in [-0.25, -0.2) is 0 Å². The summed E-state index contributed by atoms with van der Waals surface area (Å²) in [4.78, 5) is 0. The van der Waals surface area contributed by atoms with Gasteiger partial charge in [-0.05, 0) is 66.6 Å². The molecule has 197 valence electrons. The number of nitrogens with one attached hydrogen (secondary N) is 2. The number of nitrogens with two attached hydrogens (primary N) is 1. The van der Waals surface area contributed by atoms with Crippen molar-refractivity contribution < 1.29 is 4.49 Å². The smallest absolute Gasteiger partial charge is 0.399 e. The zero-order valence-corrected chi connectivity index (χ0v) is 22.9. The Balaban J connectivity index is 1.34. The summed E-state index contributed by atoms with van der Waals surface area (Å²) in [6, 6.07) is 23.5. The molecule has 6 nitrogen and oxygen atoms in total. The SMILES string of the molecule is CCCCCC(C)c1ccc2n1[B][N+]1=C(N3C=C(CCc4ccccc4)NN3)C=CC1=C2c1ccc(N)cc1. The number of aromatic nitrogens is 1. The fraction of sp³-hybridized carbons (Fsp3) is 0.281. The Bertz CT molecular complexity index is 1460. The van der Waals surface area contributed by atoms with Crippen molar-refractivity contribution >= 4 is 24.6 Å². The van der Waals surface area contributed by atoms with Gasteiger partial charge in [-0.3, -0.25) is 9.91 Å². The molecule has 39 heavy (non-hydrogen) atoms. The van der Waals surface area contributed by atoms with E-state index < -0.39 is 0 Å². The van der Waals surface area contributed by atoms with Crippen LogP contribution in [-0.2, 0) is 6.42 Å². The molecular weight excluding hydrogens is 479 g/mol. The second-order valence-corrected chi connectivity index (χ2v) is 10.7. The van der Waals surface area contributed by atoms with Crippen molar-refractivity contribution in [2.75, 3.05) is 5.73 Å². The quantitative estimate of drug-likeness (QED) is 0.194. The first-order valence-corrected chi connectivity index (χ1v) is 14.2. The second kappa shape index (κ2) is 11.0. The Morgan fingerprint density at radius 1 is 0.949 bits per heavy atom. The van der Waals surface area contributed by atoms with E-state index in [4.69, 9.17) is 5.73 Å². The predicted octanol–water partition coefficient (Wildman–Crippen LogP) is 5.69. The largest absolute Gasteiger partial charge is 0.552 e. The van der Waals surface area contributed by atoms with E-state index in [0.717, 1.165) is 24.4 Å². The first-order valence-electron chi connectivity index (χ1n) is 14.2.